The molecule has 0 spiro atoms. The molecule has 382 valence electrons. The van der Waals surface area contributed by atoms with Crippen LogP contribution in [0.2, 0.25) is 0 Å². The van der Waals surface area contributed by atoms with Crippen molar-refractivity contribution < 1.29 is 0 Å². The van der Waals surface area contributed by atoms with Gasteiger partial charge in [0.2, 0.25) is 0 Å². The van der Waals surface area contributed by atoms with Crippen molar-refractivity contribution in [3.8, 4) is 0 Å². The monoisotopic (exact) mass is 987 g/mol. The van der Waals surface area contributed by atoms with Crippen molar-refractivity contribution in [2.45, 2.75) is 180 Å². The Labute approximate surface area is 450 Å². The van der Waals surface area contributed by atoms with Crippen LogP contribution in [0.25, 0.3) is 0 Å². The molecule has 4 atom stereocenters. The second-order valence-corrected chi connectivity index (χ2v) is 27.7. The van der Waals surface area contributed by atoms with Gasteiger partial charge in [-0.1, -0.05) is 181 Å². The maximum atomic E-state index is 2.82. The van der Waals surface area contributed by atoms with Gasteiger partial charge in [-0.25, -0.2) is 0 Å². The molecular weight excluding hydrogens is 908 g/mol. The minimum Gasteiger partial charge on any atom is -0.334 e. The highest BCUT2D eigenvalue weighted by Crippen LogP contribution is 2.63. The minimum atomic E-state index is -0.123. The second-order valence-electron chi connectivity index (χ2n) is 27.7. The van der Waals surface area contributed by atoms with E-state index in [1.54, 1.807) is 0 Å². The van der Waals surface area contributed by atoms with Gasteiger partial charge < -0.3 is 19.6 Å². The van der Waals surface area contributed by atoms with Crippen molar-refractivity contribution in [2.24, 2.45) is 0 Å². The Morgan fingerprint density at radius 1 is 0.360 bits per heavy atom. The molecule has 0 N–H and O–H groups in total. The fraction of sp³-hybridized carbons (Fsp3) is 0.400. The minimum absolute atomic E-state index is 0.00612. The summed E-state index contributed by atoms with van der Waals surface area (Å²) < 4.78 is 0. The topological polar surface area (TPSA) is 13.0 Å². The van der Waals surface area contributed by atoms with Crippen LogP contribution in [0.3, 0.4) is 0 Å². The molecule has 0 radical (unpaired) electrons. The van der Waals surface area contributed by atoms with Crippen LogP contribution in [-0.4, -0.2) is 17.8 Å². The molecule has 6 aliphatic rings. The number of fused-ring (bicyclic) bond motifs is 10. The van der Waals surface area contributed by atoms with Crippen molar-refractivity contribution in [3.05, 3.63) is 173 Å². The van der Waals surface area contributed by atoms with Crippen LogP contribution >= 0.6 is 0 Å². The van der Waals surface area contributed by atoms with Crippen LogP contribution in [0.4, 0.5) is 56.9 Å². The van der Waals surface area contributed by atoms with Crippen LogP contribution in [0.1, 0.15) is 169 Å². The molecule has 7 aromatic carbocycles. The molecule has 4 aliphatic heterocycles. The summed E-state index contributed by atoms with van der Waals surface area (Å²) in [5.74, 6) is 0. The van der Waals surface area contributed by atoms with Gasteiger partial charge in [0.25, 0.3) is 6.71 Å². The van der Waals surface area contributed by atoms with Gasteiger partial charge in [0.05, 0.1) is 11.1 Å². The smallest absolute Gasteiger partial charge is 0.252 e. The van der Waals surface area contributed by atoms with Crippen LogP contribution in [0, 0.1) is 0 Å². The summed E-state index contributed by atoms with van der Waals surface area (Å²) in [5, 5.41) is 0. The van der Waals surface area contributed by atoms with E-state index in [0.29, 0.717) is 0 Å². The van der Waals surface area contributed by atoms with Gasteiger partial charge in [0.15, 0.2) is 0 Å². The van der Waals surface area contributed by atoms with Crippen LogP contribution < -0.4 is 36.0 Å². The Morgan fingerprint density at radius 3 is 1.36 bits per heavy atom. The first-order valence-electron chi connectivity index (χ1n) is 28.6. The normalized spacial score (nSPS) is 24.5. The Morgan fingerprint density at radius 2 is 0.800 bits per heavy atom. The van der Waals surface area contributed by atoms with Gasteiger partial charge in [-0.3, -0.25) is 0 Å². The third-order valence-electron chi connectivity index (χ3n) is 20.4. The fourth-order valence-electron chi connectivity index (χ4n) is 15.7. The summed E-state index contributed by atoms with van der Waals surface area (Å²) in [5.41, 5.74) is 23.7. The standard InChI is InChI=1S/C70H79BN4/c1-64(2,3)46-29-32-49(33-30-46)72-60-43-51(74-57-27-16-14-25-53(57)67(10)37-18-20-39-69(67,74)12)34-36-56(60)71-55-35-31-48(66(7,8)9)42-59(55)73(50-24-22-23-47(41-50)65(4,5)6)62-45-52(44-61(72)63(62)71)75-58-28-17-15-26-54(58)68(11)38-19-21-40-70(68,75)13/h14-17,22-36,41-45H,18-21,37-40H2,1-13H3. The quantitative estimate of drug-likeness (QED) is 0.163. The SMILES string of the molecule is CC(C)(C)c1ccc(N2c3cc(N4c5ccccc5C5(C)CCCCC45C)ccc3B3c4ccc(C(C)(C)C)cc4N(c4cccc(C(C)(C)C)c4)c4cc(N5c6ccccc6C6(C)CCCCC56C)cc2c43)cc1. The summed E-state index contributed by atoms with van der Waals surface area (Å²) in [6.45, 7) is 31.5. The molecule has 4 heterocycles. The number of benzene rings is 7. The maximum Gasteiger partial charge on any atom is 0.252 e. The van der Waals surface area contributed by atoms with E-state index in [1.165, 1.54) is 140 Å². The highest BCUT2D eigenvalue weighted by molar-refractivity contribution is 7.00. The number of hydrogen-bond donors (Lipinski definition) is 0. The fourth-order valence-corrected chi connectivity index (χ4v) is 15.7. The van der Waals surface area contributed by atoms with E-state index < -0.39 is 0 Å². The average Bonchev–Trinajstić information content (AvgIpc) is 3.80. The summed E-state index contributed by atoms with van der Waals surface area (Å²) in [6, 6.07) is 58.3. The molecule has 2 saturated carbocycles. The van der Waals surface area contributed by atoms with Gasteiger partial charge in [-0.05, 0) is 167 Å². The van der Waals surface area contributed by atoms with Crippen LogP contribution in [0.15, 0.2) is 146 Å². The van der Waals surface area contributed by atoms with E-state index in [1.807, 2.05) is 0 Å². The first-order valence-corrected chi connectivity index (χ1v) is 28.6. The third kappa shape index (κ3) is 6.80. The van der Waals surface area contributed by atoms with Crippen LogP contribution in [-0.2, 0) is 27.1 Å². The van der Waals surface area contributed by atoms with Crippen LogP contribution in [0.5, 0.6) is 0 Å². The van der Waals surface area contributed by atoms with Crippen molar-refractivity contribution >= 4 is 80.0 Å². The van der Waals surface area contributed by atoms with E-state index >= 15 is 0 Å². The Bertz CT molecular complexity index is 3460. The molecular formula is C70H79BN4. The van der Waals surface area contributed by atoms with Gasteiger partial charge in [-0.15, -0.1) is 0 Å². The van der Waals surface area contributed by atoms with Gasteiger partial charge in [-0.2, -0.15) is 0 Å². The second kappa shape index (κ2) is 16.2. The van der Waals surface area contributed by atoms with Crippen molar-refractivity contribution in [1.29, 1.82) is 0 Å². The Hall–Kier alpha value is -6.20. The molecule has 4 unspecified atom stereocenters. The lowest BCUT2D eigenvalue weighted by Gasteiger charge is -2.51. The largest absolute Gasteiger partial charge is 0.334 e. The number of para-hydroxylation sites is 2. The predicted octanol–water partition coefficient (Wildman–Crippen LogP) is 17.1. The first-order chi connectivity index (χ1) is 35.6. The summed E-state index contributed by atoms with van der Waals surface area (Å²) >= 11 is 0. The zero-order valence-corrected chi connectivity index (χ0v) is 47.4. The molecule has 2 aliphatic carbocycles. The molecule has 5 heteroatoms. The Kier molecular flexibility index (Phi) is 10.4. The van der Waals surface area contributed by atoms with Gasteiger partial charge in [0.1, 0.15) is 0 Å². The zero-order chi connectivity index (χ0) is 52.4. The zero-order valence-electron chi connectivity index (χ0n) is 47.4. The molecule has 2 fully saturated rings. The highest BCUT2D eigenvalue weighted by Gasteiger charge is 2.59. The third-order valence-corrected chi connectivity index (χ3v) is 20.4. The Balaban J connectivity index is 1.14. The lowest BCUT2D eigenvalue weighted by Crippen LogP contribution is -2.61. The molecule has 0 aromatic heterocycles. The van der Waals surface area contributed by atoms with Gasteiger partial charge >= 0.3 is 0 Å². The van der Waals surface area contributed by atoms with E-state index in [9.17, 15) is 0 Å². The van der Waals surface area contributed by atoms with E-state index in [-0.39, 0.29) is 44.9 Å². The number of nitrogens with zero attached hydrogens (tertiary/aromatic N) is 4. The summed E-state index contributed by atoms with van der Waals surface area (Å²) in [7, 11) is 0. The highest BCUT2D eigenvalue weighted by atomic mass is 15.3. The first kappa shape index (κ1) is 48.4. The summed E-state index contributed by atoms with van der Waals surface area (Å²) in [6.07, 6.45) is 9.69. The van der Waals surface area contributed by atoms with Crippen molar-refractivity contribution in [2.75, 3.05) is 19.6 Å². The molecule has 75 heavy (non-hydrogen) atoms. The lowest BCUT2D eigenvalue weighted by molar-refractivity contribution is 0.195. The molecule has 7 aromatic rings. The van der Waals surface area contributed by atoms with E-state index in [0.717, 1.165) is 12.8 Å². The molecule has 4 nitrogen and oxygen atoms in total. The van der Waals surface area contributed by atoms with Crippen molar-refractivity contribution in [3.63, 3.8) is 0 Å². The maximum absolute atomic E-state index is 2.82. The number of rotatable bonds is 4. The number of anilines is 10. The molecule has 0 saturated heterocycles. The predicted molar refractivity (Wildman–Crippen MR) is 322 cm³/mol. The number of hydrogen-bond acceptors (Lipinski definition) is 4. The molecule has 0 bridgehead atoms. The van der Waals surface area contributed by atoms with E-state index in [2.05, 4.69) is 255 Å². The molecule has 0 amide bonds. The van der Waals surface area contributed by atoms with Gasteiger partial charge in [0, 0.05) is 67.7 Å². The average molecular weight is 987 g/mol. The van der Waals surface area contributed by atoms with E-state index in [4.69, 9.17) is 0 Å². The van der Waals surface area contributed by atoms with Crippen molar-refractivity contribution in [1.82, 2.24) is 0 Å². The molecule has 13 rings (SSSR count). The lowest BCUT2D eigenvalue weighted by atomic mass is 9.33. The summed E-state index contributed by atoms with van der Waals surface area (Å²) in [4.78, 5) is 11.0.